The molecule has 100 valence electrons. The highest BCUT2D eigenvalue weighted by Gasteiger charge is 2.05. The van der Waals surface area contributed by atoms with Crippen molar-refractivity contribution in [1.82, 2.24) is 5.32 Å². The molecule has 0 fully saturated rings. The molecular weight excluding hydrogens is 230 g/mol. The fourth-order valence-electron chi connectivity index (χ4n) is 1.44. The van der Waals surface area contributed by atoms with Crippen LogP contribution in [-0.2, 0) is 4.79 Å². The molecule has 1 rings (SSSR count). The Balaban J connectivity index is 2.22. The molecule has 1 aromatic carbocycles. The minimum atomic E-state index is -0.466. The molecule has 0 aliphatic heterocycles. The third-order valence-corrected chi connectivity index (χ3v) is 2.69. The Morgan fingerprint density at radius 1 is 1.44 bits per heavy atom. The zero-order chi connectivity index (χ0) is 13.4. The molecule has 0 spiro atoms. The van der Waals surface area contributed by atoms with Gasteiger partial charge >= 0.3 is 0 Å². The Labute approximate surface area is 108 Å². The summed E-state index contributed by atoms with van der Waals surface area (Å²) in [5.41, 5.74) is 1.05. The highest BCUT2D eigenvalue weighted by Crippen LogP contribution is 2.15. The molecule has 0 saturated heterocycles. The highest BCUT2D eigenvalue weighted by atomic mass is 16.5. The fraction of sp³-hybridized carbons (Fsp3) is 0.500. The van der Waals surface area contributed by atoms with Crippen LogP contribution in [0, 0.1) is 6.92 Å². The number of aliphatic hydroxyl groups excluding tert-OH is 1. The number of hydrogen-bond donors (Lipinski definition) is 2. The van der Waals surface area contributed by atoms with Gasteiger partial charge in [0.1, 0.15) is 5.75 Å². The van der Waals surface area contributed by atoms with E-state index in [0.29, 0.717) is 26.0 Å². The number of aryl methyl sites for hydroxylation is 1. The minimum absolute atomic E-state index is 0.101. The number of ether oxygens (including phenoxy) is 1. The maximum atomic E-state index is 11.4. The first-order valence-electron chi connectivity index (χ1n) is 6.26. The Morgan fingerprint density at radius 2 is 2.17 bits per heavy atom. The van der Waals surface area contributed by atoms with Gasteiger partial charge in [-0.25, -0.2) is 0 Å². The van der Waals surface area contributed by atoms with Gasteiger partial charge in [-0.1, -0.05) is 25.1 Å². The van der Waals surface area contributed by atoms with E-state index in [-0.39, 0.29) is 5.91 Å². The molecule has 0 saturated carbocycles. The van der Waals surface area contributed by atoms with Crippen LogP contribution in [0.3, 0.4) is 0 Å². The Morgan fingerprint density at radius 3 is 2.83 bits per heavy atom. The van der Waals surface area contributed by atoms with Gasteiger partial charge in [0.15, 0.2) is 0 Å². The third-order valence-electron chi connectivity index (χ3n) is 2.69. The fourth-order valence-corrected chi connectivity index (χ4v) is 1.44. The van der Waals surface area contributed by atoms with Gasteiger partial charge in [0.2, 0.25) is 5.91 Å². The summed E-state index contributed by atoms with van der Waals surface area (Å²) in [5.74, 6) is 0.704. The number of aliphatic hydroxyl groups is 1. The van der Waals surface area contributed by atoms with Gasteiger partial charge < -0.3 is 15.2 Å². The number of amides is 1. The van der Waals surface area contributed by atoms with Gasteiger partial charge in [0.05, 0.1) is 19.1 Å². The SMILES string of the molecule is CCC(O)CNC(=O)CCOc1ccccc1C. The Bertz CT molecular complexity index is 379. The minimum Gasteiger partial charge on any atom is -0.493 e. The van der Waals surface area contributed by atoms with Crippen LogP contribution in [0.25, 0.3) is 0 Å². The molecule has 4 heteroatoms. The first-order valence-corrected chi connectivity index (χ1v) is 6.26. The molecule has 1 atom stereocenters. The quantitative estimate of drug-likeness (QED) is 0.774. The van der Waals surface area contributed by atoms with Crippen molar-refractivity contribution < 1.29 is 14.6 Å². The number of para-hydroxylation sites is 1. The van der Waals surface area contributed by atoms with Crippen LogP contribution in [0.4, 0.5) is 0 Å². The first kappa shape index (κ1) is 14.5. The van der Waals surface area contributed by atoms with E-state index in [1.807, 2.05) is 38.1 Å². The number of carbonyl (C=O) groups is 1. The summed E-state index contributed by atoms with van der Waals surface area (Å²) in [7, 11) is 0. The van der Waals surface area contributed by atoms with E-state index in [2.05, 4.69) is 5.32 Å². The summed E-state index contributed by atoms with van der Waals surface area (Å²) in [5, 5.41) is 12.0. The van der Waals surface area contributed by atoms with Gasteiger partial charge in [0, 0.05) is 6.54 Å². The van der Waals surface area contributed by atoms with Crippen LogP contribution >= 0.6 is 0 Å². The maximum Gasteiger partial charge on any atom is 0.223 e. The predicted octanol–water partition coefficient (Wildman–Crippen LogP) is 1.65. The molecule has 0 radical (unpaired) electrons. The zero-order valence-corrected chi connectivity index (χ0v) is 11.0. The van der Waals surface area contributed by atoms with Gasteiger partial charge in [-0.15, -0.1) is 0 Å². The van der Waals surface area contributed by atoms with Crippen molar-refractivity contribution in [2.75, 3.05) is 13.2 Å². The lowest BCUT2D eigenvalue weighted by atomic mass is 10.2. The van der Waals surface area contributed by atoms with Gasteiger partial charge in [-0.3, -0.25) is 4.79 Å². The van der Waals surface area contributed by atoms with Crippen LogP contribution in [-0.4, -0.2) is 30.3 Å². The van der Waals surface area contributed by atoms with Crippen molar-refractivity contribution in [3.63, 3.8) is 0 Å². The summed E-state index contributed by atoms with van der Waals surface area (Å²) in [6.45, 7) is 4.49. The monoisotopic (exact) mass is 251 g/mol. The molecular formula is C14H21NO3. The molecule has 18 heavy (non-hydrogen) atoms. The summed E-state index contributed by atoms with van der Waals surface area (Å²) in [4.78, 5) is 11.4. The number of hydrogen-bond acceptors (Lipinski definition) is 3. The second-order valence-electron chi connectivity index (χ2n) is 4.23. The smallest absolute Gasteiger partial charge is 0.223 e. The average Bonchev–Trinajstić information content (AvgIpc) is 2.38. The van der Waals surface area contributed by atoms with Crippen molar-refractivity contribution in [3.8, 4) is 5.75 Å². The molecule has 0 aliphatic rings. The van der Waals surface area contributed by atoms with Crippen LogP contribution in [0.5, 0.6) is 5.75 Å². The van der Waals surface area contributed by atoms with Crippen LogP contribution in [0.1, 0.15) is 25.3 Å². The molecule has 0 aromatic heterocycles. The predicted molar refractivity (Wildman–Crippen MR) is 70.6 cm³/mol. The largest absolute Gasteiger partial charge is 0.493 e. The van der Waals surface area contributed by atoms with E-state index in [4.69, 9.17) is 4.74 Å². The van der Waals surface area contributed by atoms with Crippen molar-refractivity contribution in [2.45, 2.75) is 32.8 Å². The van der Waals surface area contributed by atoms with Crippen LogP contribution in [0.2, 0.25) is 0 Å². The van der Waals surface area contributed by atoms with Crippen molar-refractivity contribution in [1.29, 1.82) is 0 Å². The molecule has 1 aromatic rings. The second kappa shape index (κ2) is 7.71. The van der Waals surface area contributed by atoms with E-state index in [1.54, 1.807) is 0 Å². The Kier molecular flexibility index (Phi) is 6.22. The van der Waals surface area contributed by atoms with Crippen LogP contribution < -0.4 is 10.1 Å². The molecule has 1 unspecified atom stereocenters. The molecule has 1 amide bonds. The van der Waals surface area contributed by atoms with E-state index >= 15 is 0 Å². The molecule has 0 aliphatic carbocycles. The molecule has 0 bridgehead atoms. The standard InChI is InChI=1S/C14H21NO3/c1-3-12(16)10-15-14(17)8-9-18-13-7-5-4-6-11(13)2/h4-7,12,16H,3,8-10H2,1-2H3,(H,15,17). The van der Waals surface area contributed by atoms with Crippen molar-refractivity contribution in [2.24, 2.45) is 0 Å². The van der Waals surface area contributed by atoms with E-state index in [9.17, 15) is 9.90 Å². The van der Waals surface area contributed by atoms with E-state index in [0.717, 1.165) is 11.3 Å². The summed E-state index contributed by atoms with van der Waals surface area (Å²) < 4.78 is 5.52. The summed E-state index contributed by atoms with van der Waals surface area (Å²) in [6.07, 6.45) is 0.469. The van der Waals surface area contributed by atoms with Crippen molar-refractivity contribution >= 4 is 5.91 Å². The number of rotatable bonds is 7. The van der Waals surface area contributed by atoms with Crippen molar-refractivity contribution in [3.05, 3.63) is 29.8 Å². The third kappa shape index (κ3) is 5.19. The first-order chi connectivity index (χ1) is 8.63. The molecule has 2 N–H and O–H groups in total. The lowest BCUT2D eigenvalue weighted by Crippen LogP contribution is -2.32. The van der Waals surface area contributed by atoms with Gasteiger partial charge in [-0.05, 0) is 25.0 Å². The lowest BCUT2D eigenvalue weighted by Gasteiger charge is -2.11. The van der Waals surface area contributed by atoms with Crippen LogP contribution in [0.15, 0.2) is 24.3 Å². The van der Waals surface area contributed by atoms with E-state index in [1.165, 1.54) is 0 Å². The number of benzene rings is 1. The topological polar surface area (TPSA) is 58.6 Å². The average molecular weight is 251 g/mol. The Hall–Kier alpha value is -1.55. The number of nitrogens with one attached hydrogen (secondary N) is 1. The molecule has 0 heterocycles. The van der Waals surface area contributed by atoms with E-state index < -0.39 is 6.10 Å². The second-order valence-corrected chi connectivity index (χ2v) is 4.23. The number of carbonyl (C=O) groups excluding carboxylic acids is 1. The van der Waals surface area contributed by atoms with Gasteiger partial charge in [-0.2, -0.15) is 0 Å². The summed E-state index contributed by atoms with van der Waals surface area (Å²) >= 11 is 0. The molecule has 4 nitrogen and oxygen atoms in total. The summed E-state index contributed by atoms with van der Waals surface area (Å²) in [6, 6.07) is 7.70. The van der Waals surface area contributed by atoms with Gasteiger partial charge in [0.25, 0.3) is 0 Å². The lowest BCUT2D eigenvalue weighted by molar-refractivity contribution is -0.122. The highest BCUT2D eigenvalue weighted by molar-refractivity contribution is 5.76. The zero-order valence-electron chi connectivity index (χ0n) is 11.0. The normalized spacial score (nSPS) is 11.9. The maximum absolute atomic E-state index is 11.4.